The molecule has 4 rings (SSSR count). The summed E-state index contributed by atoms with van der Waals surface area (Å²) >= 11 is 0. The number of nitrogens with one attached hydrogen (secondary N) is 1. The SMILES string of the molecule is CCCCCN1C(=O)C(O)=C(C(=O)c2ccco2)C1c1c[nH]c2ccccc12. The molecule has 1 atom stereocenters. The Morgan fingerprint density at radius 1 is 1.21 bits per heavy atom. The van der Waals surface area contributed by atoms with Crippen molar-refractivity contribution in [2.24, 2.45) is 0 Å². The Morgan fingerprint density at radius 2 is 2.04 bits per heavy atom. The molecule has 0 radical (unpaired) electrons. The highest BCUT2D eigenvalue weighted by Gasteiger charge is 2.44. The lowest BCUT2D eigenvalue weighted by Crippen LogP contribution is -2.32. The average molecular weight is 378 g/mol. The molecule has 6 heteroatoms. The van der Waals surface area contributed by atoms with E-state index >= 15 is 0 Å². The fraction of sp³-hybridized carbons (Fsp3) is 0.273. The molecule has 2 aromatic heterocycles. The van der Waals surface area contributed by atoms with Crippen LogP contribution in [0, 0.1) is 0 Å². The maximum atomic E-state index is 13.1. The van der Waals surface area contributed by atoms with Crippen molar-refractivity contribution < 1.29 is 19.1 Å². The number of benzene rings is 1. The molecule has 0 bridgehead atoms. The first-order chi connectivity index (χ1) is 13.6. The molecule has 0 saturated heterocycles. The van der Waals surface area contributed by atoms with Crippen LogP contribution < -0.4 is 0 Å². The van der Waals surface area contributed by atoms with Crippen molar-refractivity contribution in [3.05, 3.63) is 71.5 Å². The summed E-state index contributed by atoms with van der Waals surface area (Å²) in [5.74, 6) is -1.37. The van der Waals surface area contributed by atoms with Gasteiger partial charge in [0, 0.05) is 29.2 Å². The van der Waals surface area contributed by atoms with E-state index in [1.165, 1.54) is 6.26 Å². The maximum absolute atomic E-state index is 13.1. The number of aliphatic hydroxyl groups excluding tert-OH is 1. The second kappa shape index (κ2) is 7.38. The molecule has 0 spiro atoms. The normalized spacial score (nSPS) is 17.1. The van der Waals surface area contributed by atoms with E-state index in [1.807, 2.05) is 30.5 Å². The lowest BCUT2D eigenvalue weighted by molar-refractivity contribution is -0.129. The fourth-order valence-corrected chi connectivity index (χ4v) is 3.83. The molecule has 0 aliphatic carbocycles. The largest absolute Gasteiger partial charge is 0.503 e. The van der Waals surface area contributed by atoms with Gasteiger partial charge in [0.15, 0.2) is 11.5 Å². The average Bonchev–Trinajstić information content (AvgIpc) is 3.43. The third-order valence-corrected chi connectivity index (χ3v) is 5.21. The van der Waals surface area contributed by atoms with Crippen molar-refractivity contribution in [1.82, 2.24) is 9.88 Å². The molecule has 6 nitrogen and oxygen atoms in total. The number of H-pyrrole nitrogens is 1. The van der Waals surface area contributed by atoms with E-state index in [1.54, 1.807) is 17.0 Å². The molecule has 1 aliphatic heterocycles. The van der Waals surface area contributed by atoms with Crippen molar-refractivity contribution in [3.63, 3.8) is 0 Å². The number of hydrogen-bond donors (Lipinski definition) is 2. The van der Waals surface area contributed by atoms with E-state index < -0.39 is 23.5 Å². The Kier molecular flexibility index (Phi) is 4.77. The van der Waals surface area contributed by atoms with E-state index in [-0.39, 0.29) is 11.3 Å². The first-order valence-electron chi connectivity index (χ1n) is 9.51. The van der Waals surface area contributed by atoms with Crippen molar-refractivity contribution in [2.75, 3.05) is 6.54 Å². The Bertz CT molecular complexity index is 1050. The van der Waals surface area contributed by atoms with Crippen molar-refractivity contribution >= 4 is 22.6 Å². The zero-order valence-electron chi connectivity index (χ0n) is 15.6. The summed E-state index contributed by atoms with van der Waals surface area (Å²) in [6.07, 6.45) is 5.99. The van der Waals surface area contributed by atoms with Crippen LogP contribution in [0.5, 0.6) is 0 Å². The molecule has 28 heavy (non-hydrogen) atoms. The maximum Gasteiger partial charge on any atom is 0.290 e. The van der Waals surface area contributed by atoms with Crippen LogP contribution in [-0.2, 0) is 4.79 Å². The van der Waals surface area contributed by atoms with Gasteiger partial charge in [-0.3, -0.25) is 9.59 Å². The van der Waals surface area contributed by atoms with Crippen LogP contribution in [0.2, 0.25) is 0 Å². The molecular weight excluding hydrogens is 356 g/mol. The number of aliphatic hydroxyl groups is 1. The first kappa shape index (κ1) is 18.1. The standard InChI is InChI=1S/C22H22N2O4/c1-2-3-6-11-24-19(15-13-23-16-9-5-4-8-14(15)16)18(21(26)22(24)27)20(25)17-10-7-12-28-17/h4-5,7-10,12-13,19,23,26H,2-3,6,11H2,1H3. The third-order valence-electron chi connectivity index (χ3n) is 5.21. The van der Waals surface area contributed by atoms with Gasteiger partial charge in [-0.25, -0.2) is 0 Å². The highest BCUT2D eigenvalue weighted by molar-refractivity contribution is 6.15. The summed E-state index contributed by atoms with van der Waals surface area (Å²) in [6.45, 7) is 2.56. The van der Waals surface area contributed by atoms with Crippen LogP contribution in [0.3, 0.4) is 0 Å². The summed E-state index contributed by atoms with van der Waals surface area (Å²) in [5, 5.41) is 11.5. The second-order valence-electron chi connectivity index (χ2n) is 6.97. The van der Waals surface area contributed by atoms with Crippen molar-refractivity contribution in [3.8, 4) is 0 Å². The monoisotopic (exact) mass is 378 g/mol. The Labute approximate surface area is 162 Å². The number of carbonyl (C=O) groups is 2. The van der Waals surface area contributed by atoms with Crippen LogP contribution in [-0.4, -0.2) is 33.2 Å². The quantitative estimate of drug-likeness (QED) is 0.467. The molecule has 3 heterocycles. The molecule has 0 saturated carbocycles. The second-order valence-corrected chi connectivity index (χ2v) is 6.97. The van der Waals surface area contributed by atoms with Crippen LogP contribution in [0.25, 0.3) is 10.9 Å². The van der Waals surface area contributed by atoms with Crippen molar-refractivity contribution in [1.29, 1.82) is 0 Å². The van der Waals surface area contributed by atoms with Crippen molar-refractivity contribution in [2.45, 2.75) is 32.2 Å². The van der Waals surface area contributed by atoms with Gasteiger partial charge in [-0.15, -0.1) is 0 Å². The number of fused-ring (bicyclic) bond motifs is 1. The first-order valence-corrected chi connectivity index (χ1v) is 9.51. The molecular formula is C22H22N2O4. The van der Waals surface area contributed by atoms with Crippen LogP contribution in [0.1, 0.15) is 48.3 Å². The van der Waals surface area contributed by atoms with E-state index in [9.17, 15) is 14.7 Å². The minimum absolute atomic E-state index is 0.0706. The number of para-hydroxylation sites is 1. The number of amides is 1. The number of Topliss-reactive ketones (excluding diaryl/α,β-unsaturated/α-hetero) is 1. The molecule has 1 amide bonds. The van der Waals surface area contributed by atoms with Gasteiger partial charge in [0.1, 0.15) is 0 Å². The molecule has 1 aliphatic rings. The van der Waals surface area contributed by atoms with Gasteiger partial charge in [0.05, 0.1) is 17.9 Å². The van der Waals surface area contributed by atoms with Gasteiger partial charge in [-0.05, 0) is 24.6 Å². The van der Waals surface area contributed by atoms with E-state index in [4.69, 9.17) is 4.42 Å². The number of rotatable bonds is 7. The van der Waals surface area contributed by atoms with E-state index in [0.717, 1.165) is 35.7 Å². The van der Waals surface area contributed by atoms with Crippen LogP contribution >= 0.6 is 0 Å². The Morgan fingerprint density at radius 3 is 2.79 bits per heavy atom. The number of nitrogens with zero attached hydrogens (tertiary/aromatic N) is 1. The zero-order chi connectivity index (χ0) is 19.7. The smallest absolute Gasteiger partial charge is 0.290 e. The minimum atomic E-state index is -0.655. The lowest BCUT2D eigenvalue weighted by Gasteiger charge is -2.26. The number of aromatic amines is 1. The van der Waals surface area contributed by atoms with E-state index in [2.05, 4.69) is 11.9 Å². The Hall–Kier alpha value is -3.28. The molecule has 0 fully saturated rings. The van der Waals surface area contributed by atoms with Gasteiger partial charge < -0.3 is 19.4 Å². The number of hydrogen-bond acceptors (Lipinski definition) is 4. The number of aromatic nitrogens is 1. The van der Waals surface area contributed by atoms with Gasteiger partial charge in [-0.1, -0.05) is 38.0 Å². The molecule has 1 unspecified atom stereocenters. The predicted molar refractivity (Wildman–Crippen MR) is 105 cm³/mol. The summed E-state index contributed by atoms with van der Waals surface area (Å²) < 4.78 is 5.25. The lowest BCUT2D eigenvalue weighted by atomic mass is 9.94. The number of furan rings is 1. The van der Waals surface area contributed by atoms with Gasteiger partial charge in [0.2, 0.25) is 5.78 Å². The topological polar surface area (TPSA) is 86.5 Å². The zero-order valence-corrected chi connectivity index (χ0v) is 15.6. The van der Waals surface area contributed by atoms with Gasteiger partial charge in [0.25, 0.3) is 5.91 Å². The summed E-state index contributed by atoms with van der Waals surface area (Å²) in [7, 11) is 0. The highest BCUT2D eigenvalue weighted by Crippen LogP contribution is 2.41. The minimum Gasteiger partial charge on any atom is -0.503 e. The molecule has 2 N–H and O–H groups in total. The number of ketones is 1. The number of unbranched alkanes of at least 4 members (excludes halogenated alkanes) is 2. The predicted octanol–water partition coefficient (Wildman–Crippen LogP) is 4.53. The molecule has 144 valence electrons. The summed E-state index contributed by atoms with van der Waals surface area (Å²) in [4.78, 5) is 30.7. The fourth-order valence-electron chi connectivity index (χ4n) is 3.83. The van der Waals surface area contributed by atoms with Gasteiger partial charge in [-0.2, -0.15) is 0 Å². The molecule has 1 aromatic carbocycles. The van der Waals surface area contributed by atoms with Crippen LogP contribution in [0.4, 0.5) is 0 Å². The highest BCUT2D eigenvalue weighted by atomic mass is 16.3. The summed E-state index contributed by atoms with van der Waals surface area (Å²) in [5.41, 5.74) is 1.77. The number of carbonyl (C=O) groups excluding carboxylic acids is 2. The van der Waals surface area contributed by atoms with Crippen LogP contribution in [0.15, 0.2) is 64.6 Å². The third kappa shape index (κ3) is 2.91. The van der Waals surface area contributed by atoms with Gasteiger partial charge >= 0.3 is 0 Å². The molecule has 3 aromatic rings. The Balaban J connectivity index is 1.82. The summed E-state index contributed by atoms with van der Waals surface area (Å²) in [6, 6.07) is 10.2. The van der Waals surface area contributed by atoms with E-state index in [0.29, 0.717) is 6.54 Å².